The highest BCUT2D eigenvalue weighted by Crippen LogP contribution is 2.64. The predicted octanol–water partition coefficient (Wildman–Crippen LogP) is 3.93. The van der Waals surface area contributed by atoms with E-state index in [1.54, 1.807) is 0 Å². The van der Waals surface area contributed by atoms with E-state index in [-0.39, 0.29) is 22.7 Å². The van der Waals surface area contributed by atoms with Crippen molar-refractivity contribution in [3.63, 3.8) is 0 Å². The van der Waals surface area contributed by atoms with E-state index in [0.717, 1.165) is 51.2 Å². The molecule has 0 radical (unpaired) electrons. The van der Waals surface area contributed by atoms with Gasteiger partial charge in [-0.1, -0.05) is 25.5 Å². The largest absolute Gasteiger partial charge is 0.515 e. The van der Waals surface area contributed by atoms with Crippen molar-refractivity contribution in [3.05, 3.63) is 23.5 Å². The van der Waals surface area contributed by atoms with Crippen LogP contribution in [0.4, 0.5) is 0 Å². The molecule has 3 heteroatoms. The number of hydrogen-bond donors (Lipinski definition) is 2. The Morgan fingerprint density at radius 2 is 1.87 bits per heavy atom. The summed E-state index contributed by atoms with van der Waals surface area (Å²) in [4.78, 5) is 12.7. The van der Waals surface area contributed by atoms with Crippen LogP contribution < -0.4 is 0 Å². The number of allylic oxidation sites excluding steroid dienone is 2. The van der Waals surface area contributed by atoms with Gasteiger partial charge in [-0.2, -0.15) is 0 Å². The lowest BCUT2D eigenvalue weighted by molar-refractivity contribution is -0.130. The van der Waals surface area contributed by atoms with Gasteiger partial charge in [0.25, 0.3) is 0 Å². The second-order valence-corrected chi connectivity index (χ2v) is 8.80. The Kier molecular flexibility index (Phi) is 3.32. The van der Waals surface area contributed by atoms with E-state index >= 15 is 0 Å². The minimum absolute atomic E-state index is 0.170. The first-order chi connectivity index (χ1) is 10.9. The summed E-state index contributed by atoms with van der Waals surface area (Å²) in [7, 11) is 0. The lowest BCUT2D eigenvalue weighted by atomic mass is 9.48. The lowest BCUT2D eigenvalue weighted by Crippen LogP contribution is -2.50. The smallest absolute Gasteiger partial charge is 0.168 e. The number of aliphatic hydroxyl groups is 2. The van der Waals surface area contributed by atoms with Gasteiger partial charge in [-0.15, -0.1) is 0 Å². The Morgan fingerprint density at radius 1 is 1.13 bits per heavy atom. The summed E-state index contributed by atoms with van der Waals surface area (Å²) in [5.74, 6) is 1.72. The predicted molar refractivity (Wildman–Crippen MR) is 88.8 cm³/mol. The molecule has 3 fully saturated rings. The normalized spacial score (nSPS) is 51.0. The average Bonchev–Trinajstić information content (AvgIpc) is 2.79. The van der Waals surface area contributed by atoms with Crippen LogP contribution in [0.1, 0.15) is 58.8 Å². The third-order valence-electron chi connectivity index (χ3n) is 7.87. The second-order valence-electron chi connectivity index (χ2n) is 8.80. The number of aliphatic hydroxyl groups excluding tert-OH is 2. The zero-order valence-electron chi connectivity index (χ0n) is 14.2. The van der Waals surface area contributed by atoms with Crippen LogP contribution in [-0.2, 0) is 4.79 Å². The van der Waals surface area contributed by atoms with Gasteiger partial charge in [0.1, 0.15) is 0 Å². The van der Waals surface area contributed by atoms with Gasteiger partial charge in [-0.05, 0) is 68.1 Å². The molecule has 23 heavy (non-hydrogen) atoms. The standard InChI is InChI=1S/C20H28O3/c1-19-7-5-14(22)10-13(19)3-4-15-16(19)6-8-20(2)17(15)9-12(11-21)18(20)23/h3,11,14-17,21-22H,4-10H2,1-2H3/b12-11+. The van der Waals surface area contributed by atoms with Gasteiger partial charge in [0, 0.05) is 11.0 Å². The molecule has 4 aliphatic rings. The summed E-state index contributed by atoms with van der Waals surface area (Å²) in [6, 6.07) is 0. The van der Waals surface area contributed by atoms with Crippen molar-refractivity contribution in [1.29, 1.82) is 0 Å². The number of carbonyl (C=O) groups excluding carboxylic acids is 1. The summed E-state index contributed by atoms with van der Waals surface area (Å²) in [6.07, 6.45) is 9.90. The molecule has 0 amide bonds. The Hall–Kier alpha value is -1.09. The van der Waals surface area contributed by atoms with Crippen LogP contribution in [-0.4, -0.2) is 22.1 Å². The Balaban J connectivity index is 1.71. The Bertz CT molecular complexity index is 604. The maximum absolute atomic E-state index is 12.7. The van der Waals surface area contributed by atoms with E-state index in [1.165, 1.54) is 5.57 Å². The van der Waals surface area contributed by atoms with Crippen LogP contribution in [0.25, 0.3) is 0 Å². The monoisotopic (exact) mass is 316 g/mol. The van der Waals surface area contributed by atoms with Gasteiger partial charge >= 0.3 is 0 Å². The number of Topliss-reactive ketones (excluding diaryl/α,β-unsaturated/α-hetero) is 1. The lowest BCUT2D eigenvalue weighted by Gasteiger charge is -2.56. The Labute approximate surface area is 138 Å². The number of fused-ring (bicyclic) bond motifs is 5. The summed E-state index contributed by atoms with van der Waals surface area (Å²) in [5, 5.41) is 19.5. The fourth-order valence-corrected chi connectivity index (χ4v) is 6.43. The fraction of sp³-hybridized carbons (Fsp3) is 0.750. The molecule has 0 heterocycles. The highest BCUT2D eigenvalue weighted by Gasteiger charge is 2.59. The SMILES string of the molecule is CC12CCC3C(CC=C4CC(O)CCC43C)C1C/C(=C\O)C2=O. The van der Waals surface area contributed by atoms with Crippen molar-refractivity contribution in [3.8, 4) is 0 Å². The maximum Gasteiger partial charge on any atom is 0.168 e. The summed E-state index contributed by atoms with van der Waals surface area (Å²) in [6.45, 7) is 4.52. The Morgan fingerprint density at radius 3 is 2.61 bits per heavy atom. The van der Waals surface area contributed by atoms with Crippen molar-refractivity contribution >= 4 is 5.78 Å². The highest BCUT2D eigenvalue weighted by atomic mass is 16.3. The molecule has 4 rings (SSSR count). The molecule has 0 aromatic heterocycles. The van der Waals surface area contributed by atoms with Gasteiger partial charge < -0.3 is 10.2 Å². The molecule has 0 spiro atoms. The molecular weight excluding hydrogens is 288 g/mol. The molecule has 2 N–H and O–H groups in total. The second kappa shape index (κ2) is 4.95. The van der Waals surface area contributed by atoms with Gasteiger partial charge in [0.2, 0.25) is 0 Å². The van der Waals surface area contributed by atoms with Crippen molar-refractivity contribution < 1.29 is 15.0 Å². The molecular formula is C20H28O3. The van der Waals surface area contributed by atoms with E-state index in [1.807, 2.05) is 0 Å². The van der Waals surface area contributed by atoms with Crippen LogP contribution >= 0.6 is 0 Å². The van der Waals surface area contributed by atoms with Crippen molar-refractivity contribution in [2.45, 2.75) is 64.9 Å². The van der Waals surface area contributed by atoms with Crippen molar-refractivity contribution in [2.24, 2.45) is 28.6 Å². The van der Waals surface area contributed by atoms with Crippen LogP contribution in [0.15, 0.2) is 23.5 Å². The third kappa shape index (κ3) is 1.95. The molecule has 3 nitrogen and oxygen atoms in total. The maximum atomic E-state index is 12.7. The first-order valence-electron chi connectivity index (χ1n) is 9.16. The first kappa shape index (κ1) is 15.4. The van der Waals surface area contributed by atoms with Crippen molar-refractivity contribution in [1.82, 2.24) is 0 Å². The minimum Gasteiger partial charge on any atom is -0.515 e. The summed E-state index contributed by atoms with van der Waals surface area (Å²) in [5.41, 5.74) is 2.03. The third-order valence-corrected chi connectivity index (χ3v) is 7.87. The fourth-order valence-electron chi connectivity index (χ4n) is 6.43. The molecule has 0 aromatic rings. The molecule has 0 bridgehead atoms. The molecule has 0 aromatic carbocycles. The molecule has 4 aliphatic carbocycles. The van der Waals surface area contributed by atoms with Gasteiger partial charge in [-0.25, -0.2) is 0 Å². The van der Waals surface area contributed by atoms with Crippen LogP contribution in [0.5, 0.6) is 0 Å². The number of carbonyl (C=O) groups is 1. The zero-order chi connectivity index (χ0) is 16.4. The molecule has 6 atom stereocenters. The molecule has 0 saturated heterocycles. The van der Waals surface area contributed by atoms with E-state index in [0.29, 0.717) is 23.3 Å². The van der Waals surface area contributed by atoms with Crippen LogP contribution in [0.3, 0.4) is 0 Å². The minimum atomic E-state index is -0.272. The quantitative estimate of drug-likeness (QED) is 0.404. The first-order valence-corrected chi connectivity index (χ1v) is 9.16. The zero-order valence-corrected chi connectivity index (χ0v) is 14.2. The van der Waals surface area contributed by atoms with E-state index in [2.05, 4.69) is 19.9 Å². The van der Waals surface area contributed by atoms with Gasteiger partial charge in [0.15, 0.2) is 5.78 Å². The van der Waals surface area contributed by atoms with E-state index < -0.39 is 0 Å². The van der Waals surface area contributed by atoms with Gasteiger partial charge in [-0.3, -0.25) is 4.79 Å². The molecule has 6 unspecified atom stereocenters. The molecule has 126 valence electrons. The highest BCUT2D eigenvalue weighted by molar-refractivity contribution is 6.02. The summed E-state index contributed by atoms with van der Waals surface area (Å²) < 4.78 is 0. The van der Waals surface area contributed by atoms with Crippen LogP contribution in [0, 0.1) is 28.6 Å². The van der Waals surface area contributed by atoms with Crippen molar-refractivity contribution in [2.75, 3.05) is 0 Å². The number of hydrogen-bond acceptors (Lipinski definition) is 3. The van der Waals surface area contributed by atoms with Crippen LogP contribution in [0.2, 0.25) is 0 Å². The topological polar surface area (TPSA) is 57.5 Å². The molecule has 3 saturated carbocycles. The number of ketones is 1. The van der Waals surface area contributed by atoms with E-state index in [9.17, 15) is 15.0 Å². The van der Waals surface area contributed by atoms with E-state index in [4.69, 9.17) is 0 Å². The molecule has 0 aliphatic heterocycles. The summed E-state index contributed by atoms with van der Waals surface area (Å²) >= 11 is 0. The average molecular weight is 316 g/mol. The van der Waals surface area contributed by atoms with Gasteiger partial charge in [0.05, 0.1) is 12.4 Å². The number of rotatable bonds is 0.